The molecule has 140 valence electrons. The summed E-state index contributed by atoms with van der Waals surface area (Å²) in [6, 6.07) is 0. The Morgan fingerprint density at radius 2 is 1.39 bits per heavy atom. The first-order valence-electron chi connectivity index (χ1n) is 6.39. The van der Waals surface area contributed by atoms with Crippen LogP contribution in [0.4, 0.5) is 0 Å². The second kappa shape index (κ2) is 11.4. The number of halogens is 7. The van der Waals surface area contributed by atoms with Gasteiger partial charge in [-0.2, -0.15) is 0 Å². The van der Waals surface area contributed by atoms with E-state index in [1.54, 1.807) is 0 Å². The van der Waals surface area contributed by atoms with Crippen molar-refractivity contribution in [2.75, 3.05) is 28.3 Å². The Balaban J connectivity index is 6.13. The standard InChI is InChI=1S/C11H18Br2Cl5O4P/c12-5-10(6-13,7-16)11(1-8(17)3-14,2-9(18)4-15)22-23(19,20)21/h8-9H,1-7H2,(H2,19,20,21). The molecule has 0 aromatic rings. The summed E-state index contributed by atoms with van der Waals surface area (Å²) in [4.78, 5) is 18.9. The SMILES string of the molecule is O=P(O)(O)OC(CC(Cl)CCl)(CC(Cl)CCl)C(CCl)(CBr)CBr. The van der Waals surface area contributed by atoms with Crippen molar-refractivity contribution < 1.29 is 18.9 Å². The molecule has 12 heteroatoms. The first kappa shape index (κ1) is 25.5. The van der Waals surface area contributed by atoms with Crippen LogP contribution in [-0.2, 0) is 9.09 Å². The van der Waals surface area contributed by atoms with E-state index < -0.39 is 29.6 Å². The van der Waals surface area contributed by atoms with Gasteiger partial charge in [0.2, 0.25) is 0 Å². The largest absolute Gasteiger partial charge is 0.470 e. The minimum atomic E-state index is -4.86. The van der Waals surface area contributed by atoms with Crippen molar-refractivity contribution >= 4 is 97.7 Å². The van der Waals surface area contributed by atoms with Crippen LogP contribution in [0, 0.1) is 5.41 Å². The lowest BCUT2D eigenvalue weighted by atomic mass is 9.71. The van der Waals surface area contributed by atoms with Crippen molar-refractivity contribution in [2.45, 2.75) is 29.2 Å². The molecule has 2 unspecified atom stereocenters. The van der Waals surface area contributed by atoms with Crippen molar-refractivity contribution in [3.63, 3.8) is 0 Å². The lowest BCUT2D eigenvalue weighted by molar-refractivity contribution is -0.0569. The maximum absolute atomic E-state index is 11.6. The number of phosphoric ester groups is 1. The highest BCUT2D eigenvalue weighted by Gasteiger charge is 2.55. The third-order valence-corrected chi connectivity index (χ3v) is 8.39. The van der Waals surface area contributed by atoms with Crippen molar-refractivity contribution in [1.82, 2.24) is 0 Å². The van der Waals surface area contributed by atoms with Crippen LogP contribution >= 0.6 is 97.7 Å². The number of hydrogen-bond donors (Lipinski definition) is 2. The van der Waals surface area contributed by atoms with E-state index in [1.807, 2.05) is 0 Å². The van der Waals surface area contributed by atoms with Crippen LogP contribution in [0.1, 0.15) is 12.8 Å². The van der Waals surface area contributed by atoms with Crippen LogP contribution in [0.2, 0.25) is 0 Å². The fraction of sp³-hybridized carbons (Fsp3) is 1.00. The number of hydrogen-bond acceptors (Lipinski definition) is 2. The summed E-state index contributed by atoms with van der Waals surface area (Å²) in [5.74, 6) is 0.191. The zero-order chi connectivity index (χ0) is 18.3. The minimum absolute atomic E-state index is 0.0429. The van der Waals surface area contributed by atoms with Crippen molar-refractivity contribution in [3.05, 3.63) is 0 Å². The van der Waals surface area contributed by atoms with Gasteiger partial charge in [-0.3, -0.25) is 4.52 Å². The molecule has 0 aromatic carbocycles. The second-order valence-corrected chi connectivity index (χ2v) is 9.57. The highest BCUT2D eigenvalue weighted by Crippen LogP contribution is 2.55. The monoisotopic (exact) mass is 578 g/mol. The van der Waals surface area contributed by atoms with Gasteiger partial charge in [0.15, 0.2) is 0 Å². The molecule has 0 bridgehead atoms. The van der Waals surface area contributed by atoms with Gasteiger partial charge in [0.05, 0.1) is 5.60 Å². The third-order valence-electron chi connectivity index (χ3n) is 3.46. The molecular formula is C11H18Br2Cl5O4P. The van der Waals surface area contributed by atoms with E-state index in [2.05, 4.69) is 31.9 Å². The van der Waals surface area contributed by atoms with Crippen LogP contribution < -0.4 is 0 Å². The molecule has 2 atom stereocenters. The molecule has 0 saturated heterocycles. The van der Waals surface area contributed by atoms with E-state index in [-0.39, 0.29) is 30.5 Å². The van der Waals surface area contributed by atoms with E-state index in [9.17, 15) is 14.4 Å². The van der Waals surface area contributed by atoms with Crippen LogP contribution in [0.3, 0.4) is 0 Å². The minimum Gasteiger partial charge on any atom is -0.303 e. The molecule has 0 aromatic heterocycles. The Kier molecular flexibility index (Phi) is 12.6. The molecule has 0 saturated carbocycles. The molecule has 0 aliphatic carbocycles. The Bertz CT molecular complexity index is 376. The molecule has 0 fully saturated rings. The fourth-order valence-corrected chi connectivity index (χ4v) is 6.96. The van der Waals surface area contributed by atoms with Crippen LogP contribution in [0.15, 0.2) is 0 Å². The Labute approximate surface area is 178 Å². The summed E-state index contributed by atoms with van der Waals surface area (Å²) in [6.45, 7) is 0. The summed E-state index contributed by atoms with van der Waals surface area (Å²) in [5, 5.41) is -0.592. The topological polar surface area (TPSA) is 66.8 Å². The molecule has 0 radical (unpaired) electrons. The maximum Gasteiger partial charge on any atom is 0.470 e. The van der Waals surface area contributed by atoms with E-state index in [0.29, 0.717) is 10.7 Å². The van der Waals surface area contributed by atoms with Crippen LogP contribution in [-0.4, -0.2) is 54.4 Å². The quantitative estimate of drug-likeness (QED) is 0.242. The normalized spacial score (nSPS) is 18.5. The van der Waals surface area contributed by atoms with E-state index in [1.165, 1.54) is 0 Å². The summed E-state index contributed by atoms with van der Waals surface area (Å²) in [7, 11) is -4.86. The maximum atomic E-state index is 11.6. The Hall–Kier alpha value is 2.52. The van der Waals surface area contributed by atoms with Crippen LogP contribution in [0.5, 0.6) is 0 Å². The van der Waals surface area contributed by atoms with Crippen molar-refractivity contribution in [3.8, 4) is 0 Å². The summed E-state index contributed by atoms with van der Waals surface area (Å²) in [6.07, 6.45) is 0.0976. The number of alkyl halides is 7. The zero-order valence-corrected chi connectivity index (χ0v) is 19.8. The van der Waals surface area contributed by atoms with Crippen molar-refractivity contribution in [2.24, 2.45) is 5.41 Å². The van der Waals surface area contributed by atoms with Gasteiger partial charge in [-0.25, -0.2) is 4.57 Å². The number of phosphoric acid groups is 1. The third kappa shape index (κ3) is 7.57. The van der Waals surface area contributed by atoms with Gasteiger partial charge in [-0.15, -0.1) is 58.0 Å². The van der Waals surface area contributed by atoms with Gasteiger partial charge in [0.1, 0.15) is 0 Å². The molecule has 0 aliphatic heterocycles. The average molecular weight is 582 g/mol. The summed E-state index contributed by atoms with van der Waals surface area (Å²) in [5.41, 5.74) is -2.32. The average Bonchev–Trinajstić information content (AvgIpc) is 2.47. The highest BCUT2D eigenvalue weighted by molar-refractivity contribution is 9.09. The van der Waals surface area contributed by atoms with Gasteiger partial charge in [-0.05, 0) is 12.8 Å². The molecule has 4 nitrogen and oxygen atoms in total. The molecule has 23 heavy (non-hydrogen) atoms. The molecule has 0 aliphatic rings. The smallest absolute Gasteiger partial charge is 0.303 e. The molecular weight excluding hydrogens is 564 g/mol. The Morgan fingerprint density at radius 1 is 1.00 bits per heavy atom. The zero-order valence-electron chi connectivity index (χ0n) is 11.9. The van der Waals surface area contributed by atoms with Gasteiger partial charge in [-0.1, -0.05) is 31.9 Å². The van der Waals surface area contributed by atoms with E-state index in [4.69, 9.17) is 62.5 Å². The van der Waals surface area contributed by atoms with E-state index in [0.717, 1.165) is 0 Å². The first-order chi connectivity index (χ1) is 10.5. The highest BCUT2D eigenvalue weighted by atomic mass is 79.9. The fourth-order valence-electron chi connectivity index (χ4n) is 2.21. The van der Waals surface area contributed by atoms with Crippen molar-refractivity contribution in [1.29, 1.82) is 0 Å². The summed E-state index contributed by atoms with van der Waals surface area (Å²) < 4.78 is 16.9. The molecule has 2 N–H and O–H groups in total. The summed E-state index contributed by atoms with van der Waals surface area (Å²) >= 11 is 36.8. The molecule has 0 heterocycles. The lowest BCUT2D eigenvalue weighted by Crippen LogP contribution is -2.56. The van der Waals surface area contributed by atoms with Gasteiger partial charge in [0, 0.05) is 44.5 Å². The Morgan fingerprint density at radius 3 is 1.61 bits per heavy atom. The molecule has 0 rings (SSSR count). The van der Waals surface area contributed by atoms with Crippen LogP contribution in [0.25, 0.3) is 0 Å². The van der Waals surface area contributed by atoms with Gasteiger partial charge < -0.3 is 9.79 Å². The predicted octanol–water partition coefficient (Wildman–Crippen LogP) is 5.32. The lowest BCUT2D eigenvalue weighted by Gasteiger charge is -2.49. The molecule has 0 amide bonds. The molecule has 0 spiro atoms. The van der Waals surface area contributed by atoms with E-state index >= 15 is 0 Å². The predicted molar refractivity (Wildman–Crippen MR) is 107 cm³/mol. The second-order valence-electron chi connectivity index (χ2n) is 5.17. The first-order valence-corrected chi connectivity index (χ1v) is 12.6. The van der Waals surface area contributed by atoms with Gasteiger partial charge >= 0.3 is 7.82 Å². The number of rotatable bonds is 12. The van der Waals surface area contributed by atoms with Gasteiger partial charge in [0.25, 0.3) is 0 Å².